The molecule has 0 saturated heterocycles. The highest BCUT2D eigenvalue weighted by Crippen LogP contribution is 2.44. The molecule has 0 atom stereocenters. The number of fused-ring (bicyclic) bond motifs is 3. The van der Waals surface area contributed by atoms with E-state index in [0.29, 0.717) is 0 Å². The molecule has 2 aromatic carbocycles. The maximum atomic E-state index is 13.2. The van der Waals surface area contributed by atoms with Crippen LogP contribution in [0, 0.1) is 0 Å². The fraction of sp³-hybridized carbons (Fsp3) is 0.227. The van der Waals surface area contributed by atoms with Gasteiger partial charge in [0.1, 0.15) is 11.5 Å². The molecule has 166 valence electrons. The minimum atomic E-state index is -4.96. The number of ether oxygens (including phenoxy) is 1. The minimum Gasteiger partial charge on any atom is -0.477 e. The van der Waals surface area contributed by atoms with Crippen molar-refractivity contribution in [2.24, 2.45) is 0 Å². The van der Waals surface area contributed by atoms with Crippen molar-refractivity contribution in [3.8, 4) is 11.1 Å². The number of aromatic nitrogens is 1. The zero-order valence-electron chi connectivity index (χ0n) is 16.7. The van der Waals surface area contributed by atoms with E-state index in [9.17, 15) is 22.8 Å². The van der Waals surface area contributed by atoms with Crippen molar-refractivity contribution < 1.29 is 32.6 Å². The topological polar surface area (TPSA) is 79.7 Å². The third-order valence-electron chi connectivity index (χ3n) is 5.18. The van der Waals surface area contributed by atoms with E-state index in [0.717, 1.165) is 27.2 Å². The van der Waals surface area contributed by atoms with Gasteiger partial charge in [0, 0.05) is 12.5 Å². The van der Waals surface area contributed by atoms with Crippen LogP contribution in [0.2, 0.25) is 0 Å². The lowest BCUT2D eigenvalue weighted by Crippen LogP contribution is -2.32. The number of hydrogen-bond acceptors (Lipinski definition) is 5. The highest BCUT2D eigenvalue weighted by molar-refractivity contribution is 7.17. The summed E-state index contributed by atoms with van der Waals surface area (Å²) in [6.07, 6.45) is -5.85. The molecule has 1 aromatic heterocycles. The molecule has 1 N–H and O–H groups in total. The van der Waals surface area contributed by atoms with Gasteiger partial charge in [-0.15, -0.1) is 0 Å². The average Bonchev–Trinajstić information content (AvgIpc) is 3.33. The van der Waals surface area contributed by atoms with Crippen LogP contribution in [-0.4, -0.2) is 35.3 Å². The van der Waals surface area contributed by atoms with Gasteiger partial charge >= 0.3 is 18.2 Å². The summed E-state index contributed by atoms with van der Waals surface area (Å²) in [5.41, 5.74) is 2.53. The first kappa shape index (κ1) is 21.8. The Bertz CT molecular complexity index is 1150. The van der Waals surface area contributed by atoms with Crippen LogP contribution in [0.5, 0.6) is 0 Å². The van der Waals surface area contributed by atoms with Gasteiger partial charge in [-0.25, -0.2) is 14.6 Å². The van der Waals surface area contributed by atoms with E-state index in [4.69, 9.17) is 9.84 Å². The number of hydrogen-bond donors (Lipinski definition) is 1. The Morgan fingerprint density at radius 3 is 2.12 bits per heavy atom. The van der Waals surface area contributed by atoms with E-state index < -0.39 is 28.8 Å². The van der Waals surface area contributed by atoms with Crippen molar-refractivity contribution >= 4 is 28.5 Å². The maximum absolute atomic E-state index is 13.2. The maximum Gasteiger partial charge on any atom is 0.435 e. The zero-order valence-corrected chi connectivity index (χ0v) is 17.5. The van der Waals surface area contributed by atoms with E-state index >= 15 is 0 Å². The van der Waals surface area contributed by atoms with Gasteiger partial charge in [0.2, 0.25) is 0 Å². The summed E-state index contributed by atoms with van der Waals surface area (Å²) in [5, 5.41) is 8.72. The summed E-state index contributed by atoms with van der Waals surface area (Å²) >= 11 is 0.285. The van der Waals surface area contributed by atoms with Crippen LogP contribution in [0.1, 0.15) is 39.3 Å². The second-order valence-electron chi connectivity index (χ2n) is 7.03. The van der Waals surface area contributed by atoms with Crippen LogP contribution >= 0.6 is 11.3 Å². The summed E-state index contributed by atoms with van der Waals surface area (Å²) in [7, 11) is 0. The van der Waals surface area contributed by atoms with E-state index in [2.05, 4.69) is 4.98 Å². The molecule has 0 spiro atoms. The van der Waals surface area contributed by atoms with Crippen LogP contribution in [0.15, 0.2) is 48.5 Å². The zero-order chi connectivity index (χ0) is 23.0. The molecule has 32 heavy (non-hydrogen) atoms. The molecule has 0 radical (unpaired) electrons. The minimum absolute atomic E-state index is 0.0212. The Kier molecular flexibility index (Phi) is 5.64. The molecule has 1 aliphatic rings. The second-order valence-corrected chi connectivity index (χ2v) is 8.00. The summed E-state index contributed by atoms with van der Waals surface area (Å²) in [6, 6.07) is 15.5. The molecule has 10 heteroatoms. The number of carboxylic acid groups (broad SMARTS) is 1. The Hall–Kier alpha value is -3.40. The standard InChI is InChI=1S/C22H17F3N2O4S/c1-2-27(20-26-18(22(23,24)25)17(32-20)19(28)29)21(30)31-11-16-14-9-5-3-7-12(14)13-8-4-6-10-15(13)16/h3-10,16H,2,11H2,1H3,(H,28,29). The SMILES string of the molecule is CCN(C(=O)OCC1c2ccccc2-c2ccccc21)c1nc(C(F)(F)F)c(C(=O)O)s1. The largest absolute Gasteiger partial charge is 0.477 e. The van der Waals surface area contributed by atoms with Gasteiger partial charge in [0.25, 0.3) is 0 Å². The number of amides is 1. The fourth-order valence-electron chi connectivity index (χ4n) is 3.78. The summed E-state index contributed by atoms with van der Waals surface area (Å²) in [6.45, 7) is 1.48. The number of benzene rings is 2. The van der Waals surface area contributed by atoms with Crippen LogP contribution < -0.4 is 4.90 Å². The fourth-order valence-corrected chi connectivity index (χ4v) is 4.75. The smallest absolute Gasteiger partial charge is 0.435 e. The van der Waals surface area contributed by atoms with Crippen LogP contribution in [-0.2, 0) is 10.9 Å². The lowest BCUT2D eigenvalue weighted by Gasteiger charge is -2.20. The van der Waals surface area contributed by atoms with Crippen molar-refractivity contribution in [1.29, 1.82) is 0 Å². The number of anilines is 1. The Balaban J connectivity index is 1.57. The molecule has 0 fully saturated rings. The number of rotatable bonds is 5. The first-order valence-electron chi connectivity index (χ1n) is 9.66. The lowest BCUT2D eigenvalue weighted by molar-refractivity contribution is -0.141. The van der Waals surface area contributed by atoms with Gasteiger partial charge in [0.05, 0.1) is 0 Å². The molecule has 0 aliphatic heterocycles. The highest BCUT2D eigenvalue weighted by Gasteiger charge is 2.41. The third kappa shape index (κ3) is 3.81. The van der Waals surface area contributed by atoms with Crippen LogP contribution in [0.25, 0.3) is 11.1 Å². The van der Waals surface area contributed by atoms with Crippen molar-refractivity contribution in [1.82, 2.24) is 4.98 Å². The molecule has 4 rings (SSSR count). The van der Waals surface area contributed by atoms with E-state index in [1.165, 1.54) is 6.92 Å². The normalized spacial score (nSPS) is 12.9. The van der Waals surface area contributed by atoms with E-state index in [1.807, 2.05) is 48.5 Å². The van der Waals surface area contributed by atoms with Gasteiger partial charge in [0.15, 0.2) is 10.8 Å². The van der Waals surface area contributed by atoms with Gasteiger partial charge < -0.3 is 9.84 Å². The second kappa shape index (κ2) is 8.27. The van der Waals surface area contributed by atoms with Gasteiger partial charge in [-0.05, 0) is 29.2 Å². The Morgan fingerprint density at radius 2 is 1.66 bits per heavy atom. The van der Waals surface area contributed by atoms with E-state index in [-0.39, 0.29) is 35.5 Å². The predicted molar refractivity (Wildman–Crippen MR) is 112 cm³/mol. The number of carboxylic acids is 1. The number of aromatic carboxylic acids is 1. The van der Waals surface area contributed by atoms with Crippen molar-refractivity contribution in [2.75, 3.05) is 18.1 Å². The molecule has 3 aromatic rings. The van der Waals surface area contributed by atoms with Crippen LogP contribution in [0.4, 0.5) is 23.1 Å². The number of halogens is 3. The number of carbonyl (C=O) groups excluding carboxylic acids is 1. The average molecular weight is 462 g/mol. The molecule has 0 bridgehead atoms. The molecule has 6 nitrogen and oxygen atoms in total. The third-order valence-corrected chi connectivity index (χ3v) is 6.25. The number of alkyl halides is 3. The first-order valence-corrected chi connectivity index (χ1v) is 10.5. The highest BCUT2D eigenvalue weighted by atomic mass is 32.1. The van der Waals surface area contributed by atoms with Gasteiger partial charge in [-0.3, -0.25) is 4.90 Å². The molecule has 1 heterocycles. The predicted octanol–water partition coefficient (Wildman–Crippen LogP) is 5.64. The number of nitrogens with zero attached hydrogens (tertiary/aromatic N) is 2. The molecule has 0 saturated carbocycles. The Labute approximate surface area is 184 Å². The van der Waals surface area contributed by atoms with Gasteiger partial charge in [-0.1, -0.05) is 59.9 Å². The summed E-state index contributed by atoms with van der Waals surface area (Å²) < 4.78 is 45.0. The molecule has 0 unspecified atom stereocenters. The Morgan fingerprint density at radius 1 is 1.09 bits per heavy atom. The van der Waals surface area contributed by atoms with Crippen molar-refractivity contribution in [3.63, 3.8) is 0 Å². The van der Waals surface area contributed by atoms with Crippen molar-refractivity contribution in [3.05, 3.63) is 70.2 Å². The summed E-state index contributed by atoms with van der Waals surface area (Å²) in [4.78, 5) is 27.3. The monoisotopic (exact) mass is 462 g/mol. The first-order chi connectivity index (χ1) is 15.2. The molecule has 1 amide bonds. The van der Waals surface area contributed by atoms with Crippen molar-refractivity contribution in [2.45, 2.75) is 19.0 Å². The van der Waals surface area contributed by atoms with Gasteiger partial charge in [-0.2, -0.15) is 13.2 Å². The van der Waals surface area contributed by atoms with Crippen LogP contribution in [0.3, 0.4) is 0 Å². The summed E-state index contributed by atoms with van der Waals surface area (Å²) in [5.74, 6) is -1.98. The lowest BCUT2D eigenvalue weighted by atomic mass is 9.98. The molecular weight excluding hydrogens is 445 g/mol. The quantitative estimate of drug-likeness (QED) is 0.531. The number of thiazole rings is 1. The molecule has 1 aliphatic carbocycles. The van der Waals surface area contributed by atoms with E-state index in [1.54, 1.807) is 0 Å². The molecular formula is C22H17F3N2O4S. The number of carbonyl (C=O) groups is 2.